The molecule has 2 heterocycles. The summed E-state index contributed by atoms with van der Waals surface area (Å²) in [5.74, 6) is -0.0581. The molecule has 1 saturated carbocycles. The van der Waals surface area contributed by atoms with Crippen molar-refractivity contribution in [1.82, 2.24) is 14.9 Å². The lowest BCUT2D eigenvalue weighted by Crippen LogP contribution is -2.49. The van der Waals surface area contributed by atoms with E-state index in [0.717, 1.165) is 55.2 Å². The third-order valence-corrected chi connectivity index (χ3v) is 8.15. The number of hydrogen-bond acceptors (Lipinski definition) is 6. The van der Waals surface area contributed by atoms with Crippen LogP contribution in [-0.2, 0) is 24.2 Å². The van der Waals surface area contributed by atoms with Crippen LogP contribution < -0.4 is 10.9 Å². The minimum Gasteiger partial charge on any atom is -0.337 e. The van der Waals surface area contributed by atoms with Crippen LogP contribution in [0.1, 0.15) is 55.4 Å². The highest BCUT2D eigenvalue weighted by atomic mass is 32.2. The molecule has 0 aliphatic heterocycles. The van der Waals surface area contributed by atoms with Gasteiger partial charge in [0.25, 0.3) is 5.56 Å². The van der Waals surface area contributed by atoms with Crippen molar-refractivity contribution >= 4 is 39.2 Å². The molecule has 30 heavy (non-hydrogen) atoms. The summed E-state index contributed by atoms with van der Waals surface area (Å²) in [7, 11) is 0. The van der Waals surface area contributed by atoms with E-state index in [1.165, 1.54) is 22.2 Å². The van der Waals surface area contributed by atoms with Gasteiger partial charge in [-0.05, 0) is 44.1 Å². The molecule has 0 atom stereocenters. The lowest BCUT2D eigenvalue weighted by atomic mass is 9.83. The van der Waals surface area contributed by atoms with E-state index >= 15 is 0 Å². The van der Waals surface area contributed by atoms with Crippen LogP contribution in [-0.4, -0.2) is 26.8 Å². The molecule has 158 valence electrons. The summed E-state index contributed by atoms with van der Waals surface area (Å²) in [6.07, 6.45) is 10.3. The fraction of sp³-hybridized carbons (Fsp3) is 0.545. The number of rotatable bonds is 6. The fourth-order valence-corrected chi connectivity index (χ4v) is 6.58. The summed E-state index contributed by atoms with van der Waals surface area (Å²) >= 11 is 2.87. The van der Waals surface area contributed by atoms with E-state index in [9.17, 15) is 14.9 Å². The van der Waals surface area contributed by atoms with Crippen molar-refractivity contribution in [2.75, 3.05) is 5.75 Å². The second-order valence-corrected chi connectivity index (χ2v) is 10.1. The first kappa shape index (κ1) is 21.1. The molecule has 0 radical (unpaired) electrons. The Balaban J connectivity index is 1.58. The summed E-state index contributed by atoms with van der Waals surface area (Å²) in [4.78, 5) is 32.7. The Morgan fingerprint density at radius 1 is 1.30 bits per heavy atom. The van der Waals surface area contributed by atoms with Gasteiger partial charge in [0.2, 0.25) is 5.91 Å². The molecular formula is C22H26N4O2S2. The van der Waals surface area contributed by atoms with Crippen molar-refractivity contribution in [3.05, 3.63) is 33.4 Å². The average molecular weight is 443 g/mol. The predicted molar refractivity (Wildman–Crippen MR) is 121 cm³/mol. The van der Waals surface area contributed by atoms with Gasteiger partial charge in [0, 0.05) is 11.4 Å². The first-order chi connectivity index (χ1) is 14.6. The van der Waals surface area contributed by atoms with Crippen molar-refractivity contribution in [3.63, 3.8) is 0 Å². The Kier molecular flexibility index (Phi) is 6.30. The molecule has 2 aromatic rings. The van der Waals surface area contributed by atoms with Crippen molar-refractivity contribution in [1.29, 1.82) is 5.26 Å². The van der Waals surface area contributed by atoms with E-state index in [-0.39, 0.29) is 17.2 Å². The smallest absolute Gasteiger partial charge is 0.263 e. The van der Waals surface area contributed by atoms with E-state index in [1.54, 1.807) is 22.0 Å². The standard InChI is InChI=1S/C22H26N4O2S2/c1-2-12-26-20(28)18-15-8-4-5-9-16(15)30-19(18)24-21(26)29-13-17(27)25-22(14-23)10-6-3-7-11-22/h2H,1,3-13H2,(H,25,27). The molecule has 2 aliphatic carbocycles. The largest absolute Gasteiger partial charge is 0.337 e. The lowest BCUT2D eigenvalue weighted by Gasteiger charge is -2.31. The van der Waals surface area contributed by atoms with E-state index in [0.29, 0.717) is 24.5 Å². The Labute approximate surface area is 184 Å². The number of carbonyl (C=O) groups excluding carboxylic acids is 1. The molecule has 1 fully saturated rings. The number of thioether (sulfide) groups is 1. The Hall–Kier alpha value is -2.11. The highest BCUT2D eigenvalue weighted by molar-refractivity contribution is 7.99. The number of fused-ring (bicyclic) bond motifs is 3. The van der Waals surface area contributed by atoms with Gasteiger partial charge in [0.05, 0.1) is 17.2 Å². The molecular weight excluding hydrogens is 416 g/mol. The van der Waals surface area contributed by atoms with Gasteiger partial charge in [-0.1, -0.05) is 37.1 Å². The third-order valence-electron chi connectivity index (χ3n) is 5.98. The maximum Gasteiger partial charge on any atom is 0.263 e. The third kappa shape index (κ3) is 4.06. The molecule has 4 rings (SSSR count). The number of carbonyl (C=O) groups is 1. The minimum absolute atomic E-state index is 0.0389. The number of nitrogens with zero attached hydrogens (tertiary/aromatic N) is 3. The minimum atomic E-state index is -0.749. The van der Waals surface area contributed by atoms with Crippen LogP contribution in [0.5, 0.6) is 0 Å². The number of amides is 1. The number of thiophene rings is 1. The van der Waals surface area contributed by atoms with Crippen LogP contribution in [0.4, 0.5) is 0 Å². The molecule has 0 saturated heterocycles. The zero-order chi connectivity index (χ0) is 21.1. The Morgan fingerprint density at radius 3 is 2.80 bits per heavy atom. The average Bonchev–Trinajstić information content (AvgIpc) is 3.13. The van der Waals surface area contributed by atoms with Crippen molar-refractivity contribution in [2.24, 2.45) is 0 Å². The molecule has 6 nitrogen and oxygen atoms in total. The molecule has 0 aromatic carbocycles. The topological polar surface area (TPSA) is 87.8 Å². The van der Waals surface area contributed by atoms with Gasteiger partial charge in [-0.3, -0.25) is 14.2 Å². The Bertz CT molecular complexity index is 1070. The van der Waals surface area contributed by atoms with E-state index in [4.69, 9.17) is 4.98 Å². The van der Waals surface area contributed by atoms with Crippen LogP contribution in [0.25, 0.3) is 10.2 Å². The maximum absolute atomic E-state index is 13.3. The van der Waals surface area contributed by atoms with Crippen LogP contribution in [0, 0.1) is 11.3 Å². The van der Waals surface area contributed by atoms with E-state index in [2.05, 4.69) is 18.0 Å². The Morgan fingerprint density at radius 2 is 2.07 bits per heavy atom. The van der Waals surface area contributed by atoms with Crippen molar-refractivity contribution in [2.45, 2.75) is 75.0 Å². The molecule has 1 N–H and O–H groups in total. The highest BCUT2D eigenvalue weighted by Gasteiger charge is 2.33. The number of hydrogen-bond donors (Lipinski definition) is 1. The lowest BCUT2D eigenvalue weighted by molar-refractivity contribution is -0.120. The number of aryl methyl sites for hydroxylation is 2. The molecule has 2 aromatic heterocycles. The first-order valence-electron chi connectivity index (χ1n) is 10.6. The van der Waals surface area contributed by atoms with Gasteiger partial charge in [-0.25, -0.2) is 4.98 Å². The quantitative estimate of drug-likeness (QED) is 0.416. The molecule has 0 unspecified atom stereocenters. The second-order valence-electron chi connectivity index (χ2n) is 8.08. The van der Waals surface area contributed by atoms with Crippen LogP contribution in [0.2, 0.25) is 0 Å². The summed E-state index contributed by atoms with van der Waals surface area (Å²) < 4.78 is 1.62. The number of aromatic nitrogens is 2. The zero-order valence-electron chi connectivity index (χ0n) is 17.0. The predicted octanol–water partition coefficient (Wildman–Crippen LogP) is 3.96. The number of nitriles is 1. The normalized spacial score (nSPS) is 17.8. The van der Waals surface area contributed by atoms with Gasteiger partial charge in [0.1, 0.15) is 10.4 Å². The first-order valence-corrected chi connectivity index (χ1v) is 12.4. The summed E-state index contributed by atoms with van der Waals surface area (Å²) in [5, 5.41) is 13.8. The molecule has 2 aliphatic rings. The van der Waals surface area contributed by atoms with Crippen LogP contribution in [0.15, 0.2) is 22.6 Å². The summed E-state index contributed by atoms with van der Waals surface area (Å²) in [6.45, 7) is 4.14. The van der Waals surface area contributed by atoms with Crippen LogP contribution >= 0.6 is 23.1 Å². The number of nitrogens with one attached hydrogen (secondary N) is 1. The van der Waals surface area contributed by atoms with Crippen LogP contribution in [0.3, 0.4) is 0 Å². The number of allylic oxidation sites excluding steroid dienone is 1. The van der Waals surface area contributed by atoms with Gasteiger partial charge in [-0.2, -0.15) is 5.26 Å². The molecule has 1 amide bonds. The van der Waals surface area contributed by atoms with E-state index < -0.39 is 5.54 Å². The van der Waals surface area contributed by atoms with Crippen molar-refractivity contribution in [3.8, 4) is 6.07 Å². The molecule has 0 bridgehead atoms. The summed E-state index contributed by atoms with van der Waals surface area (Å²) in [5.41, 5.74) is 0.378. The highest BCUT2D eigenvalue weighted by Crippen LogP contribution is 2.35. The summed E-state index contributed by atoms with van der Waals surface area (Å²) in [6, 6.07) is 2.32. The van der Waals surface area contributed by atoms with E-state index in [1.807, 2.05) is 0 Å². The monoisotopic (exact) mass is 442 g/mol. The van der Waals surface area contributed by atoms with Gasteiger partial charge >= 0.3 is 0 Å². The molecule has 8 heteroatoms. The van der Waals surface area contributed by atoms with Gasteiger partial charge in [0.15, 0.2) is 5.16 Å². The van der Waals surface area contributed by atoms with Gasteiger partial charge in [-0.15, -0.1) is 17.9 Å². The zero-order valence-corrected chi connectivity index (χ0v) is 18.7. The van der Waals surface area contributed by atoms with Crippen molar-refractivity contribution < 1.29 is 4.79 Å². The fourth-order valence-electron chi connectivity index (χ4n) is 4.47. The van der Waals surface area contributed by atoms with Gasteiger partial charge < -0.3 is 5.32 Å². The SMILES string of the molecule is C=CCn1c(SCC(=O)NC2(C#N)CCCCC2)nc2sc3c(c2c1=O)CCCC3. The molecule has 0 spiro atoms. The maximum atomic E-state index is 13.3. The second kappa shape index (κ2) is 8.94.